The minimum absolute atomic E-state index is 0.135. The highest BCUT2D eigenvalue weighted by Crippen LogP contribution is 2.32. The summed E-state index contributed by atoms with van der Waals surface area (Å²) in [4.78, 5) is 42.7. The summed E-state index contributed by atoms with van der Waals surface area (Å²) in [6.45, 7) is 1.46. The largest absolute Gasteiger partial charge is 0.327 e. The van der Waals surface area contributed by atoms with E-state index in [0.717, 1.165) is 4.90 Å². The number of halogens is 2. The molecule has 2 aromatic rings. The van der Waals surface area contributed by atoms with Crippen molar-refractivity contribution in [1.82, 2.24) is 9.47 Å². The molecular formula is C15H11Cl2N3O3S. The van der Waals surface area contributed by atoms with Crippen LogP contribution in [0, 0.1) is 0 Å². The number of nitrogens with zero attached hydrogens (tertiary/aromatic N) is 3. The summed E-state index contributed by atoms with van der Waals surface area (Å²) in [5.41, 5.74) is 0.270. The number of aromatic nitrogens is 1. The van der Waals surface area contributed by atoms with Crippen LogP contribution >= 0.6 is 34.5 Å². The minimum atomic E-state index is -1.03. The van der Waals surface area contributed by atoms with Gasteiger partial charge in [-0.2, -0.15) is 4.99 Å². The van der Waals surface area contributed by atoms with Crippen LogP contribution in [0.4, 0.5) is 0 Å². The van der Waals surface area contributed by atoms with E-state index in [1.54, 1.807) is 23.2 Å². The van der Waals surface area contributed by atoms with E-state index in [1.807, 2.05) is 0 Å². The summed E-state index contributed by atoms with van der Waals surface area (Å²) in [7, 11) is 1.75. The first kappa shape index (κ1) is 16.9. The number of amides is 3. The van der Waals surface area contributed by atoms with Gasteiger partial charge in [0.25, 0.3) is 17.7 Å². The van der Waals surface area contributed by atoms with E-state index in [2.05, 4.69) is 4.99 Å². The Morgan fingerprint density at radius 1 is 1.17 bits per heavy atom. The second-order valence-corrected chi connectivity index (χ2v) is 6.90. The number of hydrogen-bond donors (Lipinski definition) is 0. The van der Waals surface area contributed by atoms with Crippen LogP contribution in [0.15, 0.2) is 28.7 Å². The van der Waals surface area contributed by atoms with Crippen molar-refractivity contribution in [3.05, 3.63) is 49.7 Å². The first-order valence-corrected chi connectivity index (χ1v) is 8.50. The quantitative estimate of drug-likeness (QED) is 0.747. The van der Waals surface area contributed by atoms with E-state index in [9.17, 15) is 14.4 Å². The summed E-state index contributed by atoms with van der Waals surface area (Å²) >= 11 is 13.1. The van der Waals surface area contributed by atoms with Gasteiger partial charge in [0.2, 0.25) is 0 Å². The molecule has 2 heterocycles. The maximum atomic E-state index is 12.5. The molecule has 3 rings (SSSR count). The Labute approximate surface area is 150 Å². The van der Waals surface area contributed by atoms with E-state index in [0.29, 0.717) is 4.80 Å². The van der Waals surface area contributed by atoms with Crippen molar-refractivity contribution in [1.29, 1.82) is 0 Å². The van der Waals surface area contributed by atoms with Gasteiger partial charge in [-0.15, -0.1) is 11.3 Å². The molecule has 6 nitrogen and oxygen atoms in total. The summed E-state index contributed by atoms with van der Waals surface area (Å²) in [6.07, 6.45) is 1.76. The third-order valence-electron chi connectivity index (χ3n) is 3.67. The predicted octanol–water partition coefficient (Wildman–Crippen LogP) is 2.51. The highest BCUT2D eigenvalue weighted by Gasteiger charge is 2.41. The zero-order valence-electron chi connectivity index (χ0n) is 12.6. The van der Waals surface area contributed by atoms with Gasteiger partial charge in [0, 0.05) is 18.6 Å². The van der Waals surface area contributed by atoms with Gasteiger partial charge in [-0.3, -0.25) is 19.3 Å². The lowest BCUT2D eigenvalue weighted by molar-refractivity contribution is -0.121. The van der Waals surface area contributed by atoms with Crippen LogP contribution in [-0.4, -0.2) is 33.2 Å². The van der Waals surface area contributed by atoms with E-state index < -0.39 is 23.8 Å². The highest BCUT2D eigenvalue weighted by molar-refractivity contribution is 7.07. The van der Waals surface area contributed by atoms with Gasteiger partial charge in [0.15, 0.2) is 4.80 Å². The van der Waals surface area contributed by atoms with Gasteiger partial charge in [0.1, 0.15) is 6.04 Å². The number of carbonyl (C=O) groups excluding carboxylic acids is 3. The second kappa shape index (κ2) is 6.16. The lowest BCUT2D eigenvalue weighted by Crippen LogP contribution is -2.42. The monoisotopic (exact) mass is 383 g/mol. The van der Waals surface area contributed by atoms with Crippen molar-refractivity contribution in [3.8, 4) is 0 Å². The van der Waals surface area contributed by atoms with E-state index in [4.69, 9.17) is 23.2 Å². The van der Waals surface area contributed by atoms with Gasteiger partial charge in [-0.1, -0.05) is 23.2 Å². The molecule has 9 heteroatoms. The van der Waals surface area contributed by atoms with Gasteiger partial charge in [-0.25, -0.2) is 0 Å². The zero-order valence-corrected chi connectivity index (χ0v) is 14.9. The number of imide groups is 1. The van der Waals surface area contributed by atoms with Crippen molar-refractivity contribution >= 4 is 52.3 Å². The normalized spacial score (nSPS) is 15.8. The third kappa shape index (κ3) is 2.68. The molecule has 0 spiro atoms. The fourth-order valence-corrected chi connectivity index (χ4v) is 3.40. The molecule has 0 fully saturated rings. The minimum Gasteiger partial charge on any atom is -0.327 e. The lowest BCUT2D eigenvalue weighted by Gasteiger charge is -2.19. The summed E-state index contributed by atoms with van der Waals surface area (Å²) < 4.78 is 1.68. The molecule has 24 heavy (non-hydrogen) atoms. The maximum Gasteiger partial charge on any atom is 0.271 e. The Kier molecular flexibility index (Phi) is 4.33. The van der Waals surface area contributed by atoms with Crippen molar-refractivity contribution in [2.45, 2.75) is 13.0 Å². The number of aryl methyl sites for hydroxylation is 1. The van der Waals surface area contributed by atoms with Gasteiger partial charge in [0.05, 0.1) is 21.2 Å². The molecule has 0 aliphatic carbocycles. The fraction of sp³-hybridized carbons (Fsp3) is 0.200. The molecule has 1 unspecified atom stereocenters. The maximum absolute atomic E-state index is 12.5. The molecule has 0 radical (unpaired) electrons. The number of fused-ring (bicyclic) bond motifs is 1. The molecule has 1 aromatic heterocycles. The van der Waals surface area contributed by atoms with Crippen molar-refractivity contribution in [2.75, 3.05) is 0 Å². The van der Waals surface area contributed by atoms with E-state index in [1.165, 1.54) is 30.4 Å². The average molecular weight is 384 g/mol. The predicted molar refractivity (Wildman–Crippen MR) is 90.3 cm³/mol. The molecule has 124 valence electrons. The molecule has 3 amide bonds. The number of hydrogen-bond acceptors (Lipinski definition) is 4. The lowest BCUT2D eigenvalue weighted by atomic mass is 10.1. The summed E-state index contributed by atoms with van der Waals surface area (Å²) in [6, 6.07) is 1.65. The Morgan fingerprint density at radius 3 is 2.17 bits per heavy atom. The molecule has 1 aliphatic heterocycles. The van der Waals surface area contributed by atoms with Gasteiger partial charge < -0.3 is 4.57 Å². The number of thiazole rings is 1. The molecule has 1 aromatic carbocycles. The Bertz CT molecular complexity index is 907. The van der Waals surface area contributed by atoms with E-state index in [-0.39, 0.29) is 21.2 Å². The second-order valence-electron chi connectivity index (χ2n) is 5.21. The molecule has 0 bridgehead atoms. The van der Waals surface area contributed by atoms with Gasteiger partial charge in [-0.05, 0) is 19.1 Å². The third-order valence-corrected chi connectivity index (χ3v) is 5.24. The Balaban J connectivity index is 1.96. The van der Waals surface area contributed by atoms with Crippen LogP contribution < -0.4 is 4.80 Å². The Morgan fingerprint density at radius 2 is 1.71 bits per heavy atom. The summed E-state index contributed by atoms with van der Waals surface area (Å²) in [5.74, 6) is -1.75. The van der Waals surface area contributed by atoms with Crippen LogP contribution in [0.25, 0.3) is 0 Å². The number of rotatable bonds is 2. The van der Waals surface area contributed by atoms with Crippen LogP contribution in [0.5, 0.6) is 0 Å². The summed E-state index contributed by atoms with van der Waals surface area (Å²) in [5, 5.41) is 2.13. The fourth-order valence-electron chi connectivity index (χ4n) is 2.34. The topological polar surface area (TPSA) is 71.7 Å². The number of benzene rings is 1. The van der Waals surface area contributed by atoms with E-state index >= 15 is 0 Å². The molecular weight excluding hydrogens is 373 g/mol. The molecule has 1 atom stereocenters. The zero-order chi connectivity index (χ0) is 17.6. The molecule has 0 N–H and O–H groups in total. The van der Waals surface area contributed by atoms with Crippen molar-refractivity contribution in [2.24, 2.45) is 12.0 Å². The number of carbonyl (C=O) groups is 3. The smallest absolute Gasteiger partial charge is 0.271 e. The first-order valence-electron chi connectivity index (χ1n) is 6.87. The SMILES string of the molecule is CC(C(=O)N=c1sccn1C)N1C(=O)c2cc(Cl)c(Cl)cc2C1=O. The standard InChI is InChI=1S/C15H11Cl2N3O3S/c1-7(12(21)18-15-19(2)3-4-24-15)20-13(22)8-5-10(16)11(17)6-9(8)14(20)23/h3-7H,1-2H3. The molecule has 1 aliphatic rings. The van der Waals surface area contributed by atoms with Crippen LogP contribution in [0.3, 0.4) is 0 Å². The molecule has 0 saturated heterocycles. The Hall–Kier alpha value is -1.96. The van der Waals surface area contributed by atoms with Crippen molar-refractivity contribution in [3.63, 3.8) is 0 Å². The van der Waals surface area contributed by atoms with Crippen molar-refractivity contribution < 1.29 is 14.4 Å². The van der Waals surface area contributed by atoms with Gasteiger partial charge >= 0.3 is 0 Å². The van der Waals surface area contributed by atoms with Crippen LogP contribution in [0.1, 0.15) is 27.6 Å². The van der Waals surface area contributed by atoms with Crippen LogP contribution in [0.2, 0.25) is 10.0 Å². The molecule has 0 saturated carbocycles. The first-order chi connectivity index (χ1) is 11.3. The van der Waals surface area contributed by atoms with Crippen LogP contribution in [-0.2, 0) is 11.8 Å². The highest BCUT2D eigenvalue weighted by atomic mass is 35.5. The average Bonchev–Trinajstić information content (AvgIpc) is 3.03.